The van der Waals surface area contributed by atoms with Gasteiger partial charge in [0.1, 0.15) is 0 Å². The van der Waals surface area contributed by atoms with E-state index in [9.17, 15) is 4.21 Å². The van der Waals surface area contributed by atoms with E-state index >= 15 is 0 Å². The topological polar surface area (TPSA) is 63.3 Å². The second kappa shape index (κ2) is 7.41. The molecule has 1 rings (SSSR count). The van der Waals surface area contributed by atoms with E-state index in [1.54, 1.807) is 12.1 Å². The second-order valence-corrected chi connectivity index (χ2v) is 5.33. The van der Waals surface area contributed by atoms with Crippen LogP contribution in [0.15, 0.2) is 29.2 Å². The number of nitrogen functional groups attached to an aromatic ring is 1. The van der Waals surface area contributed by atoms with Gasteiger partial charge in [-0.25, -0.2) is 0 Å². The molecule has 16 heavy (non-hydrogen) atoms. The van der Waals surface area contributed by atoms with Gasteiger partial charge in [-0.3, -0.25) is 4.21 Å². The number of unbranched alkanes of at least 4 members (excludes halogenated alkanes) is 3. The molecule has 90 valence electrons. The van der Waals surface area contributed by atoms with Gasteiger partial charge in [0.15, 0.2) is 0 Å². The summed E-state index contributed by atoms with van der Waals surface area (Å²) in [5, 5.41) is 8.61. The molecule has 0 bridgehead atoms. The molecule has 0 amide bonds. The molecule has 0 fully saturated rings. The Balaban J connectivity index is 2.27. The molecule has 0 radical (unpaired) electrons. The summed E-state index contributed by atoms with van der Waals surface area (Å²) in [5.41, 5.74) is 6.26. The van der Waals surface area contributed by atoms with Crippen molar-refractivity contribution in [2.45, 2.75) is 30.6 Å². The van der Waals surface area contributed by atoms with Crippen LogP contribution in [-0.2, 0) is 10.8 Å². The predicted molar refractivity (Wildman–Crippen MR) is 67.7 cm³/mol. The molecule has 1 unspecified atom stereocenters. The third kappa shape index (κ3) is 4.77. The first kappa shape index (κ1) is 13.2. The molecule has 1 atom stereocenters. The maximum Gasteiger partial charge on any atom is 0.0529 e. The molecule has 1 aromatic rings. The normalized spacial score (nSPS) is 12.6. The maximum atomic E-state index is 11.8. The van der Waals surface area contributed by atoms with E-state index in [0.29, 0.717) is 11.4 Å². The van der Waals surface area contributed by atoms with Crippen LogP contribution >= 0.6 is 0 Å². The number of rotatable bonds is 7. The monoisotopic (exact) mass is 241 g/mol. The first-order chi connectivity index (χ1) is 7.74. The molecule has 3 nitrogen and oxygen atoms in total. The lowest BCUT2D eigenvalue weighted by Crippen LogP contribution is -1.98. The van der Waals surface area contributed by atoms with Crippen LogP contribution in [0.25, 0.3) is 0 Å². The van der Waals surface area contributed by atoms with Crippen molar-refractivity contribution in [3.8, 4) is 0 Å². The Labute approximate surface area is 99.1 Å². The molecule has 0 spiro atoms. The quantitative estimate of drug-likeness (QED) is 0.566. The van der Waals surface area contributed by atoms with E-state index in [1.807, 2.05) is 12.1 Å². The first-order valence-corrected chi connectivity index (χ1v) is 6.90. The fourth-order valence-electron chi connectivity index (χ4n) is 1.44. The van der Waals surface area contributed by atoms with Gasteiger partial charge in [0, 0.05) is 22.9 Å². The highest BCUT2D eigenvalue weighted by Crippen LogP contribution is 2.11. The van der Waals surface area contributed by atoms with Crippen LogP contribution in [0.3, 0.4) is 0 Å². The smallest absolute Gasteiger partial charge is 0.0529 e. The highest BCUT2D eigenvalue weighted by atomic mass is 32.2. The summed E-state index contributed by atoms with van der Waals surface area (Å²) in [7, 11) is -0.915. The van der Waals surface area contributed by atoms with E-state index < -0.39 is 10.8 Å². The van der Waals surface area contributed by atoms with Gasteiger partial charge in [-0.1, -0.05) is 12.8 Å². The van der Waals surface area contributed by atoms with E-state index in [-0.39, 0.29) is 6.61 Å². The van der Waals surface area contributed by atoms with Gasteiger partial charge >= 0.3 is 0 Å². The second-order valence-electron chi connectivity index (χ2n) is 3.76. The minimum atomic E-state index is -0.915. The van der Waals surface area contributed by atoms with Crippen molar-refractivity contribution < 1.29 is 9.32 Å². The number of hydrogen-bond acceptors (Lipinski definition) is 3. The fraction of sp³-hybridized carbons (Fsp3) is 0.500. The molecule has 3 N–H and O–H groups in total. The van der Waals surface area contributed by atoms with Crippen LogP contribution < -0.4 is 5.73 Å². The molecule has 0 aliphatic carbocycles. The number of aliphatic hydroxyl groups is 1. The van der Waals surface area contributed by atoms with Crippen molar-refractivity contribution in [3.05, 3.63) is 24.3 Å². The van der Waals surface area contributed by atoms with Crippen molar-refractivity contribution in [3.63, 3.8) is 0 Å². The summed E-state index contributed by atoms with van der Waals surface area (Å²) >= 11 is 0. The third-order valence-electron chi connectivity index (χ3n) is 2.38. The van der Waals surface area contributed by atoms with E-state index in [2.05, 4.69) is 0 Å². The average Bonchev–Trinajstić information content (AvgIpc) is 2.29. The lowest BCUT2D eigenvalue weighted by Gasteiger charge is -2.02. The van der Waals surface area contributed by atoms with Crippen LogP contribution in [0.4, 0.5) is 5.69 Å². The van der Waals surface area contributed by atoms with E-state index in [0.717, 1.165) is 30.6 Å². The standard InChI is InChI=1S/C12H19NO2S/c13-11-5-7-12(8-6-11)16(15)10-4-2-1-3-9-14/h5-8,14H,1-4,9-10,13H2. The molecular formula is C12H19NO2S. The third-order valence-corrected chi connectivity index (χ3v) is 3.84. The first-order valence-electron chi connectivity index (χ1n) is 5.59. The fourth-order valence-corrected chi connectivity index (χ4v) is 2.58. The molecule has 0 aliphatic rings. The number of nitrogens with two attached hydrogens (primary N) is 1. The Kier molecular flexibility index (Phi) is 6.11. The molecular weight excluding hydrogens is 222 g/mol. The summed E-state index contributed by atoms with van der Waals surface area (Å²) in [6, 6.07) is 7.19. The van der Waals surface area contributed by atoms with Crippen molar-refractivity contribution in [2.75, 3.05) is 18.1 Å². The molecule has 0 saturated carbocycles. The zero-order valence-electron chi connectivity index (χ0n) is 9.39. The Morgan fingerprint density at radius 3 is 2.31 bits per heavy atom. The molecule has 4 heteroatoms. The molecule has 1 aromatic carbocycles. The SMILES string of the molecule is Nc1ccc(S(=O)CCCCCCO)cc1. The van der Waals surface area contributed by atoms with Crippen molar-refractivity contribution >= 4 is 16.5 Å². The van der Waals surface area contributed by atoms with Gasteiger partial charge in [-0.2, -0.15) is 0 Å². The summed E-state index contributed by atoms with van der Waals surface area (Å²) in [5.74, 6) is 0.690. The molecule has 0 aromatic heterocycles. The van der Waals surface area contributed by atoms with Gasteiger partial charge in [0.25, 0.3) is 0 Å². The average molecular weight is 241 g/mol. The Morgan fingerprint density at radius 2 is 1.69 bits per heavy atom. The molecule has 0 aliphatic heterocycles. The van der Waals surface area contributed by atoms with Gasteiger partial charge < -0.3 is 10.8 Å². The number of aliphatic hydroxyl groups excluding tert-OH is 1. The van der Waals surface area contributed by atoms with Gasteiger partial charge in [-0.05, 0) is 37.1 Å². The van der Waals surface area contributed by atoms with Crippen LogP contribution in [0, 0.1) is 0 Å². The van der Waals surface area contributed by atoms with Gasteiger partial charge in [0.2, 0.25) is 0 Å². The molecule has 0 saturated heterocycles. The van der Waals surface area contributed by atoms with Crippen LogP contribution in [0.5, 0.6) is 0 Å². The summed E-state index contributed by atoms with van der Waals surface area (Å²) in [6.07, 6.45) is 3.82. The Hall–Kier alpha value is -0.870. The lowest BCUT2D eigenvalue weighted by molar-refractivity contribution is 0.283. The van der Waals surface area contributed by atoms with Gasteiger partial charge in [-0.15, -0.1) is 0 Å². The number of benzene rings is 1. The maximum absolute atomic E-state index is 11.8. The van der Waals surface area contributed by atoms with Crippen LogP contribution in [0.1, 0.15) is 25.7 Å². The highest BCUT2D eigenvalue weighted by molar-refractivity contribution is 7.85. The van der Waals surface area contributed by atoms with Crippen LogP contribution in [-0.4, -0.2) is 21.7 Å². The van der Waals surface area contributed by atoms with Crippen molar-refractivity contribution in [2.24, 2.45) is 0 Å². The summed E-state index contributed by atoms with van der Waals surface area (Å²) in [6.45, 7) is 0.251. The van der Waals surface area contributed by atoms with E-state index in [4.69, 9.17) is 10.8 Å². The van der Waals surface area contributed by atoms with Crippen molar-refractivity contribution in [1.29, 1.82) is 0 Å². The largest absolute Gasteiger partial charge is 0.399 e. The predicted octanol–water partition coefficient (Wildman–Crippen LogP) is 1.93. The number of hydrogen-bond donors (Lipinski definition) is 2. The summed E-state index contributed by atoms with van der Waals surface area (Å²) < 4.78 is 11.8. The van der Waals surface area contributed by atoms with E-state index in [1.165, 1.54) is 0 Å². The Bertz CT molecular complexity index is 324. The Morgan fingerprint density at radius 1 is 1.06 bits per heavy atom. The van der Waals surface area contributed by atoms with Crippen LogP contribution in [0.2, 0.25) is 0 Å². The summed E-state index contributed by atoms with van der Waals surface area (Å²) in [4.78, 5) is 0.844. The zero-order valence-corrected chi connectivity index (χ0v) is 10.2. The lowest BCUT2D eigenvalue weighted by atomic mass is 10.2. The molecule has 0 heterocycles. The number of anilines is 1. The minimum absolute atomic E-state index is 0.251. The zero-order chi connectivity index (χ0) is 11.8. The van der Waals surface area contributed by atoms with Gasteiger partial charge in [0.05, 0.1) is 10.8 Å². The highest BCUT2D eigenvalue weighted by Gasteiger charge is 2.02. The minimum Gasteiger partial charge on any atom is -0.399 e. The van der Waals surface area contributed by atoms with Crippen molar-refractivity contribution in [1.82, 2.24) is 0 Å².